The van der Waals surface area contributed by atoms with Crippen LogP contribution in [0.5, 0.6) is 5.75 Å². The largest absolute Gasteiger partial charge is 0.491 e. The minimum atomic E-state index is -0.640. The lowest BCUT2D eigenvalue weighted by molar-refractivity contribution is 0.101. The van der Waals surface area contributed by atoms with E-state index in [1.165, 1.54) is 6.92 Å². The molecule has 0 aliphatic rings. The van der Waals surface area contributed by atoms with Gasteiger partial charge < -0.3 is 15.2 Å². The van der Waals surface area contributed by atoms with Crippen LogP contribution in [-0.2, 0) is 0 Å². The number of nitrogens with one attached hydrogen (secondary N) is 1. The number of benzene rings is 2. The van der Waals surface area contributed by atoms with E-state index in [1.807, 2.05) is 31.2 Å². The van der Waals surface area contributed by atoms with Gasteiger partial charge in [0.25, 0.3) is 0 Å². The maximum Gasteiger partial charge on any atom is 0.159 e. The lowest BCUT2D eigenvalue weighted by atomic mass is 10.1. The van der Waals surface area contributed by atoms with Gasteiger partial charge in [0.15, 0.2) is 5.78 Å². The summed E-state index contributed by atoms with van der Waals surface area (Å²) in [5, 5.41) is 14.0. The van der Waals surface area contributed by atoms with Gasteiger partial charge in [-0.05, 0) is 55.8 Å². The van der Waals surface area contributed by atoms with Gasteiger partial charge in [0.1, 0.15) is 18.5 Å². The fourth-order valence-corrected chi connectivity index (χ4v) is 2.44. The summed E-state index contributed by atoms with van der Waals surface area (Å²) in [4.78, 5) is 11.2. The lowest BCUT2D eigenvalue weighted by Gasteiger charge is -2.18. The van der Waals surface area contributed by atoms with E-state index < -0.39 is 6.10 Å². The van der Waals surface area contributed by atoms with Crippen molar-refractivity contribution in [2.75, 3.05) is 13.2 Å². The predicted octanol–water partition coefficient (Wildman–Crippen LogP) is 3.63. The summed E-state index contributed by atoms with van der Waals surface area (Å²) >= 11 is 5.98. The lowest BCUT2D eigenvalue weighted by Crippen LogP contribution is -2.33. The molecule has 0 bridgehead atoms. The van der Waals surface area contributed by atoms with Crippen LogP contribution in [0.2, 0.25) is 5.02 Å². The maximum absolute atomic E-state index is 11.2. The van der Waals surface area contributed by atoms with E-state index in [-0.39, 0.29) is 18.4 Å². The summed E-state index contributed by atoms with van der Waals surface area (Å²) < 4.78 is 5.54. The second-order valence-electron chi connectivity index (χ2n) is 5.73. The molecule has 2 unspecified atom stereocenters. The highest BCUT2D eigenvalue weighted by Crippen LogP contribution is 2.17. The molecule has 0 saturated carbocycles. The zero-order valence-corrected chi connectivity index (χ0v) is 14.6. The minimum absolute atomic E-state index is 0.0146. The van der Waals surface area contributed by atoms with E-state index in [9.17, 15) is 9.90 Å². The van der Waals surface area contributed by atoms with E-state index in [1.54, 1.807) is 24.3 Å². The Labute approximate surface area is 147 Å². The Morgan fingerprint density at radius 3 is 2.58 bits per heavy atom. The van der Waals surface area contributed by atoms with Gasteiger partial charge in [0, 0.05) is 23.2 Å². The van der Waals surface area contributed by atoms with Crippen molar-refractivity contribution < 1.29 is 14.6 Å². The van der Waals surface area contributed by atoms with Gasteiger partial charge in [-0.2, -0.15) is 0 Å². The zero-order chi connectivity index (χ0) is 17.5. The summed E-state index contributed by atoms with van der Waals surface area (Å²) in [5.41, 5.74) is 1.70. The van der Waals surface area contributed by atoms with Crippen LogP contribution < -0.4 is 10.1 Å². The van der Waals surface area contributed by atoms with E-state index in [2.05, 4.69) is 5.32 Å². The molecule has 4 nitrogen and oxygen atoms in total. The molecule has 24 heavy (non-hydrogen) atoms. The smallest absolute Gasteiger partial charge is 0.159 e. The van der Waals surface area contributed by atoms with Gasteiger partial charge in [-0.1, -0.05) is 23.7 Å². The highest BCUT2D eigenvalue weighted by molar-refractivity contribution is 6.30. The van der Waals surface area contributed by atoms with Gasteiger partial charge in [-0.25, -0.2) is 0 Å². The topological polar surface area (TPSA) is 58.6 Å². The average Bonchev–Trinajstić information content (AvgIpc) is 2.58. The normalized spacial score (nSPS) is 13.3. The number of hydrogen-bond acceptors (Lipinski definition) is 4. The molecule has 2 atom stereocenters. The Kier molecular flexibility index (Phi) is 6.79. The summed E-state index contributed by atoms with van der Waals surface area (Å²) in [6, 6.07) is 14.6. The molecule has 0 fully saturated rings. The van der Waals surface area contributed by atoms with Crippen molar-refractivity contribution in [2.24, 2.45) is 0 Å². The molecule has 0 amide bonds. The van der Waals surface area contributed by atoms with Gasteiger partial charge in [0.05, 0.1) is 0 Å². The molecule has 0 saturated heterocycles. The van der Waals surface area contributed by atoms with Crippen molar-refractivity contribution in [1.82, 2.24) is 5.32 Å². The monoisotopic (exact) mass is 347 g/mol. The number of carbonyl (C=O) groups excluding carboxylic acids is 1. The maximum atomic E-state index is 11.2. The minimum Gasteiger partial charge on any atom is -0.491 e. The van der Waals surface area contributed by atoms with Crippen molar-refractivity contribution in [3.8, 4) is 5.75 Å². The summed E-state index contributed by atoms with van der Waals surface area (Å²) in [6.45, 7) is 4.11. The number of ketones is 1. The first-order valence-corrected chi connectivity index (χ1v) is 8.24. The number of halogens is 1. The summed E-state index contributed by atoms with van der Waals surface area (Å²) in [6.07, 6.45) is -0.640. The quantitative estimate of drug-likeness (QED) is 0.716. The van der Waals surface area contributed by atoms with Crippen LogP contribution in [0, 0.1) is 0 Å². The van der Waals surface area contributed by atoms with E-state index >= 15 is 0 Å². The second-order valence-corrected chi connectivity index (χ2v) is 6.17. The molecule has 2 aromatic carbocycles. The summed E-state index contributed by atoms with van der Waals surface area (Å²) in [5.74, 6) is 0.641. The van der Waals surface area contributed by atoms with Crippen molar-refractivity contribution in [1.29, 1.82) is 0 Å². The standard InChI is InChI=1S/C19H22ClNO3/c1-13(16-4-3-5-17(20)10-16)21-11-18(23)12-24-19-8-6-15(7-9-19)14(2)22/h3-10,13,18,21,23H,11-12H2,1-2H3. The first-order chi connectivity index (χ1) is 11.5. The molecule has 2 rings (SSSR count). The number of carbonyl (C=O) groups is 1. The molecule has 0 heterocycles. The SMILES string of the molecule is CC(=O)c1ccc(OCC(O)CNC(C)c2cccc(Cl)c2)cc1. The number of aliphatic hydroxyl groups excluding tert-OH is 1. The Hall–Kier alpha value is -1.88. The number of ether oxygens (including phenoxy) is 1. The van der Waals surface area contributed by atoms with Gasteiger partial charge in [-0.3, -0.25) is 4.79 Å². The van der Waals surface area contributed by atoms with Gasteiger partial charge in [-0.15, -0.1) is 0 Å². The molecular weight excluding hydrogens is 326 g/mol. The summed E-state index contributed by atoms with van der Waals surface area (Å²) in [7, 11) is 0. The van der Waals surface area contributed by atoms with Crippen LogP contribution in [0.3, 0.4) is 0 Å². The molecule has 2 N–H and O–H groups in total. The van der Waals surface area contributed by atoms with Crippen LogP contribution in [0.15, 0.2) is 48.5 Å². The van der Waals surface area contributed by atoms with Crippen molar-refractivity contribution in [2.45, 2.75) is 26.0 Å². The second kappa shape index (κ2) is 8.83. The molecule has 5 heteroatoms. The molecule has 2 aromatic rings. The molecule has 0 radical (unpaired) electrons. The van der Waals surface area contributed by atoms with Crippen LogP contribution in [-0.4, -0.2) is 30.1 Å². The fraction of sp³-hybridized carbons (Fsp3) is 0.316. The van der Waals surface area contributed by atoms with E-state index in [0.717, 1.165) is 5.56 Å². The van der Waals surface area contributed by atoms with E-state index in [0.29, 0.717) is 22.9 Å². The van der Waals surface area contributed by atoms with Crippen molar-refractivity contribution >= 4 is 17.4 Å². The Balaban J connectivity index is 1.76. The van der Waals surface area contributed by atoms with E-state index in [4.69, 9.17) is 16.3 Å². The zero-order valence-electron chi connectivity index (χ0n) is 13.8. The average molecular weight is 348 g/mol. The highest BCUT2D eigenvalue weighted by Gasteiger charge is 2.10. The van der Waals surface area contributed by atoms with Gasteiger partial charge in [0.2, 0.25) is 0 Å². The Morgan fingerprint density at radius 2 is 1.96 bits per heavy atom. The number of aliphatic hydroxyl groups is 1. The fourth-order valence-electron chi connectivity index (χ4n) is 2.24. The van der Waals surface area contributed by atoms with Crippen molar-refractivity contribution in [3.63, 3.8) is 0 Å². The van der Waals surface area contributed by atoms with Crippen LogP contribution in [0.4, 0.5) is 0 Å². The van der Waals surface area contributed by atoms with Crippen LogP contribution in [0.25, 0.3) is 0 Å². The van der Waals surface area contributed by atoms with Crippen LogP contribution >= 0.6 is 11.6 Å². The molecule has 128 valence electrons. The third-order valence-corrected chi connectivity index (χ3v) is 3.95. The molecule has 0 aliphatic heterocycles. The molecule has 0 spiro atoms. The highest BCUT2D eigenvalue weighted by atomic mass is 35.5. The first kappa shape index (κ1) is 18.5. The number of hydrogen-bond donors (Lipinski definition) is 2. The third-order valence-electron chi connectivity index (χ3n) is 3.71. The molecule has 0 aliphatic carbocycles. The Morgan fingerprint density at radius 1 is 1.25 bits per heavy atom. The number of rotatable bonds is 8. The van der Waals surface area contributed by atoms with Crippen molar-refractivity contribution in [3.05, 3.63) is 64.7 Å². The first-order valence-electron chi connectivity index (χ1n) is 7.86. The third kappa shape index (κ3) is 5.64. The molecular formula is C19H22ClNO3. The molecule has 0 aromatic heterocycles. The Bertz CT molecular complexity index is 673. The van der Waals surface area contributed by atoms with Crippen LogP contribution in [0.1, 0.15) is 35.8 Å². The predicted molar refractivity (Wildman–Crippen MR) is 95.8 cm³/mol. The van der Waals surface area contributed by atoms with Gasteiger partial charge >= 0.3 is 0 Å². The number of Topliss-reactive ketones (excluding diaryl/α,β-unsaturated/α-hetero) is 1.